The van der Waals surface area contributed by atoms with Crippen molar-refractivity contribution in [1.29, 1.82) is 0 Å². The van der Waals surface area contributed by atoms with Crippen LogP contribution in [0.25, 0.3) is 10.9 Å². The first-order valence-electron chi connectivity index (χ1n) is 7.83. The fourth-order valence-electron chi connectivity index (χ4n) is 3.04. The van der Waals surface area contributed by atoms with E-state index in [0.717, 1.165) is 32.7 Å². The van der Waals surface area contributed by atoms with Crippen molar-refractivity contribution in [2.75, 3.05) is 31.1 Å². The van der Waals surface area contributed by atoms with E-state index in [1.807, 2.05) is 0 Å². The average Bonchev–Trinajstić information content (AvgIpc) is 2.98. The number of anilines is 1. The van der Waals surface area contributed by atoms with E-state index in [0.29, 0.717) is 5.95 Å². The summed E-state index contributed by atoms with van der Waals surface area (Å²) in [5.41, 5.74) is 2.44. The highest BCUT2D eigenvalue weighted by Crippen LogP contribution is 2.18. The van der Waals surface area contributed by atoms with E-state index in [9.17, 15) is 5.11 Å². The highest BCUT2D eigenvalue weighted by Gasteiger charge is 2.19. The highest BCUT2D eigenvalue weighted by molar-refractivity contribution is 5.80. The number of nitrogens with one attached hydrogen (secondary N) is 1. The van der Waals surface area contributed by atoms with Crippen LogP contribution in [-0.4, -0.2) is 51.1 Å². The summed E-state index contributed by atoms with van der Waals surface area (Å²) in [6.07, 6.45) is 2.89. The molecule has 0 radical (unpaired) electrons. The molecule has 2 N–H and O–H groups in total. The third-order valence-electron chi connectivity index (χ3n) is 4.26. The first-order valence-corrected chi connectivity index (χ1v) is 7.83. The fourth-order valence-corrected chi connectivity index (χ4v) is 3.04. The van der Waals surface area contributed by atoms with Crippen LogP contribution in [-0.2, 0) is 6.54 Å². The molecule has 23 heavy (non-hydrogen) atoms. The van der Waals surface area contributed by atoms with Crippen LogP contribution in [0.2, 0.25) is 0 Å². The molecular weight excluding hydrogens is 290 g/mol. The van der Waals surface area contributed by atoms with E-state index in [-0.39, 0.29) is 5.75 Å². The molecule has 0 aliphatic carbocycles. The predicted molar refractivity (Wildman–Crippen MR) is 89.5 cm³/mol. The van der Waals surface area contributed by atoms with Gasteiger partial charge in [0.2, 0.25) is 5.95 Å². The lowest BCUT2D eigenvalue weighted by Crippen LogP contribution is -2.46. The van der Waals surface area contributed by atoms with Gasteiger partial charge >= 0.3 is 0 Å². The largest absolute Gasteiger partial charge is 0.505 e. The molecule has 6 nitrogen and oxygen atoms in total. The Kier molecular flexibility index (Phi) is 3.59. The zero-order valence-corrected chi connectivity index (χ0v) is 12.8. The molecule has 1 aliphatic heterocycles. The summed E-state index contributed by atoms with van der Waals surface area (Å²) in [6.45, 7) is 4.66. The van der Waals surface area contributed by atoms with Crippen LogP contribution < -0.4 is 4.90 Å². The minimum Gasteiger partial charge on any atom is -0.505 e. The minimum atomic E-state index is 0.103. The minimum absolute atomic E-state index is 0.103. The van der Waals surface area contributed by atoms with E-state index in [1.54, 1.807) is 0 Å². The van der Waals surface area contributed by atoms with Crippen molar-refractivity contribution in [3.05, 3.63) is 48.4 Å². The number of rotatable bonds is 3. The molecule has 1 aromatic carbocycles. The number of H-pyrrole nitrogens is 1. The molecule has 0 amide bonds. The molecule has 0 spiro atoms. The zero-order chi connectivity index (χ0) is 15.6. The Morgan fingerprint density at radius 1 is 1.04 bits per heavy atom. The summed E-state index contributed by atoms with van der Waals surface area (Å²) in [5.74, 6) is 0.791. The number of nitrogens with zero attached hydrogens (tertiary/aromatic N) is 4. The summed E-state index contributed by atoms with van der Waals surface area (Å²) < 4.78 is 0. The number of fused-ring (bicyclic) bond motifs is 1. The third-order valence-corrected chi connectivity index (χ3v) is 4.26. The van der Waals surface area contributed by atoms with Gasteiger partial charge in [-0.25, -0.2) is 9.97 Å². The smallest absolute Gasteiger partial charge is 0.225 e. The zero-order valence-electron chi connectivity index (χ0n) is 12.8. The maximum absolute atomic E-state index is 9.27. The molecule has 0 unspecified atom stereocenters. The van der Waals surface area contributed by atoms with Gasteiger partial charge in [-0.15, -0.1) is 0 Å². The summed E-state index contributed by atoms with van der Waals surface area (Å²) in [4.78, 5) is 16.4. The third kappa shape index (κ3) is 2.98. The molecule has 118 valence electrons. The lowest BCUT2D eigenvalue weighted by atomic mass is 10.2. The van der Waals surface area contributed by atoms with E-state index in [1.165, 1.54) is 29.0 Å². The molecule has 0 saturated carbocycles. The van der Waals surface area contributed by atoms with Gasteiger partial charge in [-0.05, 0) is 17.5 Å². The Balaban J connectivity index is 1.38. The SMILES string of the molecule is Oc1cnc(N2CCN(Cc3cc4ccccc4[nH]3)CC2)nc1. The second-order valence-electron chi connectivity index (χ2n) is 5.89. The molecule has 1 saturated heterocycles. The molecule has 0 atom stereocenters. The molecule has 1 fully saturated rings. The normalized spacial score (nSPS) is 16.1. The van der Waals surface area contributed by atoms with Gasteiger partial charge in [0.25, 0.3) is 0 Å². The first kappa shape index (κ1) is 14.0. The van der Waals surface area contributed by atoms with Crippen molar-refractivity contribution >= 4 is 16.9 Å². The molecule has 6 heteroatoms. The Bertz CT molecular complexity index is 757. The van der Waals surface area contributed by atoms with E-state index >= 15 is 0 Å². The number of aromatic amines is 1. The van der Waals surface area contributed by atoms with E-state index in [4.69, 9.17) is 0 Å². The van der Waals surface area contributed by atoms with Gasteiger partial charge in [-0.1, -0.05) is 18.2 Å². The number of para-hydroxylation sites is 1. The topological polar surface area (TPSA) is 68.3 Å². The number of hydrogen-bond acceptors (Lipinski definition) is 5. The summed E-state index contributed by atoms with van der Waals surface area (Å²) >= 11 is 0. The van der Waals surface area contributed by atoms with E-state index in [2.05, 4.69) is 55.1 Å². The van der Waals surface area contributed by atoms with Crippen molar-refractivity contribution in [2.45, 2.75) is 6.54 Å². The van der Waals surface area contributed by atoms with Gasteiger partial charge < -0.3 is 15.0 Å². The fraction of sp³-hybridized carbons (Fsp3) is 0.294. The maximum Gasteiger partial charge on any atom is 0.225 e. The Morgan fingerprint density at radius 3 is 2.52 bits per heavy atom. The highest BCUT2D eigenvalue weighted by atomic mass is 16.3. The number of piperazine rings is 1. The quantitative estimate of drug-likeness (QED) is 0.774. The predicted octanol–water partition coefficient (Wildman–Crippen LogP) is 1.99. The monoisotopic (exact) mass is 309 g/mol. The lowest BCUT2D eigenvalue weighted by Gasteiger charge is -2.34. The van der Waals surface area contributed by atoms with Crippen molar-refractivity contribution in [3.63, 3.8) is 0 Å². The average molecular weight is 309 g/mol. The number of benzene rings is 1. The van der Waals surface area contributed by atoms with Crippen LogP contribution in [0.3, 0.4) is 0 Å². The summed E-state index contributed by atoms with van der Waals surface area (Å²) in [7, 11) is 0. The van der Waals surface area contributed by atoms with Gasteiger partial charge in [0, 0.05) is 43.9 Å². The van der Waals surface area contributed by atoms with Crippen molar-refractivity contribution < 1.29 is 5.11 Å². The van der Waals surface area contributed by atoms with Crippen LogP contribution in [0.5, 0.6) is 5.75 Å². The van der Waals surface area contributed by atoms with Gasteiger partial charge in [-0.3, -0.25) is 4.90 Å². The second-order valence-corrected chi connectivity index (χ2v) is 5.89. The lowest BCUT2D eigenvalue weighted by molar-refractivity contribution is 0.246. The molecule has 2 aromatic heterocycles. The molecule has 1 aliphatic rings. The van der Waals surface area contributed by atoms with E-state index < -0.39 is 0 Å². The van der Waals surface area contributed by atoms with Gasteiger partial charge in [0.1, 0.15) is 0 Å². The number of aromatic hydroxyl groups is 1. The maximum atomic E-state index is 9.27. The van der Waals surface area contributed by atoms with Crippen molar-refractivity contribution in [2.24, 2.45) is 0 Å². The molecule has 4 rings (SSSR count). The Morgan fingerprint density at radius 2 is 1.78 bits per heavy atom. The van der Waals surface area contributed by atoms with Crippen LogP contribution in [0.4, 0.5) is 5.95 Å². The van der Waals surface area contributed by atoms with Gasteiger partial charge in [0.15, 0.2) is 5.75 Å². The number of hydrogen-bond donors (Lipinski definition) is 2. The van der Waals surface area contributed by atoms with Crippen LogP contribution >= 0.6 is 0 Å². The molecule has 3 heterocycles. The van der Waals surface area contributed by atoms with Crippen molar-refractivity contribution in [1.82, 2.24) is 19.9 Å². The van der Waals surface area contributed by atoms with Gasteiger partial charge in [0.05, 0.1) is 12.4 Å². The molecule has 0 bridgehead atoms. The first-order chi connectivity index (χ1) is 11.3. The Labute approximate surface area is 134 Å². The van der Waals surface area contributed by atoms with Crippen LogP contribution in [0.15, 0.2) is 42.7 Å². The van der Waals surface area contributed by atoms with Crippen LogP contribution in [0, 0.1) is 0 Å². The molecule has 3 aromatic rings. The summed E-state index contributed by atoms with van der Waals surface area (Å²) in [5, 5.41) is 10.5. The number of aromatic nitrogens is 3. The van der Waals surface area contributed by atoms with Gasteiger partial charge in [-0.2, -0.15) is 0 Å². The molecular formula is C17H19N5O. The standard InChI is InChI=1S/C17H19N5O/c23-15-10-18-17(19-11-15)22-7-5-21(6-8-22)12-14-9-13-3-1-2-4-16(13)20-14/h1-4,9-11,20,23H,5-8,12H2. The Hall–Kier alpha value is -2.60. The second kappa shape index (κ2) is 5.89. The van der Waals surface area contributed by atoms with Crippen molar-refractivity contribution in [3.8, 4) is 5.75 Å². The summed E-state index contributed by atoms with van der Waals surface area (Å²) in [6, 6.07) is 10.6. The van der Waals surface area contributed by atoms with Crippen LogP contribution in [0.1, 0.15) is 5.69 Å².